The monoisotopic (exact) mass is 338 g/mol. The molecule has 0 spiro atoms. The number of hydrogen-bond acceptors (Lipinski definition) is 4. The molecule has 6 heteroatoms. The Labute approximate surface area is 144 Å². The minimum atomic E-state index is 0.00364. The van der Waals surface area contributed by atoms with Crippen LogP contribution in [0.25, 0.3) is 5.82 Å². The van der Waals surface area contributed by atoms with E-state index in [1.165, 1.54) is 16.9 Å². The predicted molar refractivity (Wildman–Crippen MR) is 93.6 cm³/mol. The first-order valence-corrected chi connectivity index (χ1v) is 8.87. The third kappa shape index (κ3) is 2.85. The molecule has 1 amide bonds. The van der Waals surface area contributed by atoms with Gasteiger partial charge < -0.3 is 5.32 Å². The summed E-state index contributed by atoms with van der Waals surface area (Å²) in [6.45, 7) is 2.42. The molecule has 0 saturated carbocycles. The summed E-state index contributed by atoms with van der Waals surface area (Å²) in [5.41, 5.74) is 2.33. The number of hydrogen-bond donors (Lipinski definition) is 1. The van der Waals surface area contributed by atoms with Crippen LogP contribution >= 0.6 is 11.3 Å². The molecule has 24 heavy (non-hydrogen) atoms. The molecule has 5 nitrogen and oxygen atoms in total. The van der Waals surface area contributed by atoms with E-state index in [0.717, 1.165) is 34.9 Å². The number of nitrogens with zero attached hydrogens (tertiary/aromatic N) is 3. The summed E-state index contributed by atoms with van der Waals surface area (Å²) in [5.74, 6) is 1.73. The molecule has 0 saturated heterocycles. The van der Waals surface area contributed by atoms with E-state index >= 15 is 0 Å². The maximum atomic E-state index is 12.3. The molecule has 3 aromatic heterocycles. The Hall–Kier alpha value is -2.47. The molecule has 3 aromatic rings. The summed E-state index contributed by atoms with van der Waals surface area (Å²) in [7, 11) is 0. The molecule has 0 aliphatic heterocycles. The van der Waals surface area contributed by atoms with Crippen LogP contribution in [0, 0.1) is 6.92 Å². The van der Waals surface area contributed by atoms with Gasteiger partial charge in [-0.25, -0.2) is 9.97 Å². The first-order valence-electron chi connectivity index (χ1n) is 8.06. The summed E-state index contributed by atoms with van der Waals surface area (Å²) in [4.78, 5) is 23.1. The molecule has 0 fully saturated rings. The van der Waals surface area contributed by atoms with Gasteiger partial charge in [-0.2, -0.15) is 0 Å². The van der Waals surface area contributed by atoms with Gasteiger partial charge in [0.1, 0.15) is 11.6 Å². The fraction of sp³-hybridized carbons (Fsp3) is 0.278. The van der Waals surface area contributed by atoms with Crippen molar-refractivity contribution >= 4 is 17.2 Å². The summed E-state index contributed by atoms with van der Waals surface area (Å²) in [6.07, 6.45) is 8.88. The Morgan fingerprint density at radius 2 is 2.25 bits per heavy atom. The van der Waals surface area contributed by atoms with Crippen LogP contribution < -0.4 is 5.32 Å². The number of pyridine rings is 1. The Kier molecular flexibility index (Phi) is 3.90. The lowest BCUT2D eigenvalue weighted by atomic mass is 10.2. The predicted octanol–water partition coefficient (Wildman–Crippen LogP) is 3.06. The molecule has 0 bridgehead atoms. The normalized spacial score (nSPS) is 13.0. The van der Waals surface area contributed by atoms with Crippen LogP contribution in [0.15, 0.2) is 36.8 Å². The Bertz CT molecular complexity index is 857. The van der Waals surface area contributed by atoms with Crippen molar-refractivity contribution in [2.24, 2.45) is 0 Å². The number of carbonyl (C=O) groups is 1. The fourth-order valence-corrected chi connectivity index (χ4v) is 4.16. The van der Waals surface area contributed by atoms with Gasteiger partial charge in [0.15, 0.2) is 0 Å². The molecule has 1 aliphatic carbocycles. The maximum Gasteiger partial charge on any atom is 0.261 e. The highest BCUT2D eigenvalue weighted by Gasteiger charge is 2.18. The average molecular weight is 338 g/mol. The van der Waals surface area contributed by atoms with E-state index in [1.807, 2.05) is 35.9 Å². The van der Waals surface area contributed by atoms with E-state index in [4.69, 9.17) is 0 Å². The molecule has 0 aromatic carbocycles. The van der Waals surface area contributed by atoms with Crippen LogP contribution in [0.1, 0.15) is 37.9 Å². The second-order valence-electron chi connectivity index (χ2n) is 5.96. The van der Waals surface area contributed by atoms with Crippen LogP contribution in [-0.4, -0.2) is 20.4 Å². The molecule has 0 atom stereocenters. The van der Waals surface area contributed by atoms with Gasteiger partial charge in [0.25, 0.3) is 5.91 Å². The lowest BCUT2D eigenvalue weighted by Gasteiger charge is -2.07. The quantitative estimate of drug-likeness (QED) is 0.795. The van der Waals surface area contributed by atoms with Crippen molar-refractivity contribution in [1.82, 2.24) is 19.9 Å². The highest BCUT2D eigenvalue weighted by molar-refractivity contribution is 7.14. The zero-order chi connectivity index (χ0) is 16.5. The van der Waals surface area contributed by atoms with Gasteiger partial charge in [0, 0.05) is 30.0 Å². The van der Waals surface area contributed by atoms with E-state index in [9.17, 15) is 4.79 Å². The van der Waals surface area contributed by atoms with E-state index in [2.05, 4.69) is 15.3 Å². The molecule has 0 radical (unpaired) electrons. The summed E-state index contributed by atoms with van der Waals surface area (Å²) < 4.78 is 1.93. The van der Waals surface area contributed by atoms with Crippen LogP contribution in [0.3, 0.4) is 0 Å². The fourth-order valence-electron chi connectivity index (χ4n) is 2.99. The van der Waals surface area contributed by atoms with Crippen molar-refractivity contribution in [3.8, 4) is 5.82 Å². The molecule has 122 valence electrons. The lowest BCUT2D eigenvalue weighted by Crippen LogP contribution is -2.22. The summed E-state index contributed by atoms with van der Waals surface area (Å²) in [5, 5.41) is 2.98. The van der Waals surface area contributed by atoms with Crippen LogP contribution in [-0.2, 0) is 19.4 Å². The minimum Gasteiger partial charge on any atom is -0.347 e. The van der Waals surface area contributed by atoms with Crippen LogP contribution in [0.5, 0.6) is 0 Å². The number of thiophene rings is 1. The third-order valence-corrected chi connectivity index (χ3v) is 5.54. The zero-order valence-corrected chi connectivity index (χ0v) is 14.3. The number of imidazole rings is 1. The van der Waals surface area contributed by atoms with E-state index in [1.54, 1.807) is 23.7 Å². The summed E-state index contributed by atoms with van der Waals surface area (Å²) in [6, 6.07) is 5.97. The molecule has 0 unspecified atom stereocenters. The third-order valence-electron chi connectivity index (χ3n) is 4.31. The van der Waals surface area contributed by atoms with Gasteiger partial charge in [-0.05, 0) is 49.4 Å². The average Bonchev–Trinajstić information content (AvgIpc) is 3.28. The van der Waals surface area contributed by atoms with Gasteiger partial charge in [-0.15, -0.1) is 11.3 Å². The number of carbonyl (C=O) groups excluding carboxylic acids is 1. The Morgan fingerprint density at radius 3 is 2.96 bits per heavy atom. The maximum absolute atomic E-state index is 12.3. The lowest BCUT2D eigenvalue weighted by molar-refractivity contribution is 0.0955. The second kappa shape index (κ2) is 6.20. The van der Waals surface area contributed by atoms with Crippen LogP contribution in [0.4, 0.5) is 0 Å². The Morgan fingerprint density at radius 1 is 1.33 bits per heavy atom. The van der Waals surface area contributed by atoms with Gasteiger partial charge in [0.05, 0.1) is 4.88 Å². The zero-order valence-electron chi connectivity index (χ0n) is 13.5. The molecule has 1 aliphatic rings. The molecule has 1 N–H and O–H groups in total. The van der Waals surface area contributed by atoms with Crippen molar-refractivity contribution in [1.29, 1.82) is 0 Å². The molecule has 4 rings (SSSR count). The summed E-state index contributed by atoms with van der Waals surface area (Å²) >= 11 is 1.63. The number of rotatable bonds is 4. The number of aryl methyl sites for hydroxylation is 3. The highest BCUT2D eigenvalue weighted by Crippen LogP contribution is 2.30. The van der Waals surface area contributed by atoms with Crippen molar-refractivity contribution < 1.29 is 4.79 Å². The largest absolute Gasteiger partial charge is 0.347 e. The van der Waals surface area contributed by atoms with Crippen LogP contribution in [0.2, 0.25) is 0 Å². The molecule has 3 heterocycles. The molecular weight excluding hydrogens is 320 g/mol. The number of amides is 1. The first kappa shape index (κ1) is 15.1. The Balaban J connectivity index is 1.40. The topological polar surface area (TPSA) is 59.8 Å². The SMILES string of the molecule is Cc1nccn1-c1ccc(CNC(=O)c2cc3c(s2)CCC3)cn1. The van der Waals surface area contributed by atoms with E-state index < -0.39 is 0 Å². The van der Waals surface area contributed by atoms with Crippen molar-refractivity contribution in [2.45, 2.75) is 32.7 Å². The van der Waals surface area contributed by atoms with Crippen molar-refractivity contribution in [3.63, 3.8) is 0 Å². The standard InChI is InChI=1S/C18H18N4OS/c1-12-19-7-8-22(12)17-6-5-13(10-20-17)11-21-18(23)16-9-14-3-2-4-15(14)24-16/h5-10H,2-4,11H2,1H3,(H,21,23). The van der Waals surface area contributed by atoms with Gasteiger partial charge in [-0.1, -0.05) is 6.07 Å². The minimum absolute atomic E-state index is 0.00364. The molecular formula is C18H18N4OS. The van der Waals surface area contributed by atoms with Gasteiger partial charge >= 0.3 is 0 Å². The van der Waals surface area contributed by atoms with Crippen molar-refractivity contribution in [2.75, 3.05) is 0 Å². The number of aromatic nitrogens is 3. The van der Waals surface area contributed by atoms with Crippen molar-refractivity contribution in [3.05, 3.63) is 63.5 Å². The first-order chi connectivity index (χ1) is 11.7. The van der Waals surface area contributed by atoms with E-state index in [-0.39, 0.29) is 5.91 Å². The van der Waals surface area contributed by atoms with Gasteiger partial charge in [-0.3, -0.25) is 9.36 Å². The second-order valence-corrected chi connectivity index (χ2v) is 7.10. The van der Waals surface area contributed by atoms with E-state index in [0.29, 0.717) is 6.54 Å². The number of fused-ring (bicyclic) bond motifs is 1. The highest BCUT2D eigenvalue weighted by atomic mass is 32.1. The van der Waals surface area contributed by atoms with Gasteiger partial charge in [0.2, 0.25) is 0 Å². The number of nitrogens with one attached hydrogen (secondary N) is 1. The smallest absolute Gasteiger partial charge is 0.261 e.